The van der Waals surface area contributed by atoms with Gasteiger partial charge in [0.2, 0.25) is 0 Å². The fourth-order valence-corrected chi connectivity index (χ4v) is 4.22. The zero-order chi connectivity index (χ0) is 26.9. The number of rotatable bonds is 8. The number of halogens is 5. The van der Waals surface area contributed by atoms with Gasteiger partial charge in [-0.2, -0.15) is 23.4 Å². The Bertz CT molecular complexity index is 1550. The van der Waals surface area contributed by atoms with E-state index in [9.17, 15) is 27.1 Å². The molecule has 2 aromatic heterocycles. The first-order valence-corrected chi connectivity index (χ1v) is 11.5. The molecule has 0 saturated heterocycles. The van der Waals surface area contributed by atoms with E-state index >= 15 is 0 Å². The number of benzene rings is 3. The van der Waals surface area contributed by atoms with E-state index in [-0.39, 0.29) is 18.7 Å². The van der Waals surface area contributed by atoms with E-state index in [1.165, 1.54) is 40.2 Å². The van der Waals surface area contributed by atoms with Gasteiger partial charge in [-0.25, -0.2) is 18.4 Å². The van der Waals surface area contributed by atoms with Crippen molar-refractivity contribution in [3.05, 3.63) is 108 Å². The molecule has 0 bridgehead atoms. The summed E-state index contributed by atoms with van der Waals surface area (Å²) in [4.78, 5) is 3.85. The van der Waals surface area contributed by atoms with Crippen LogP contribution in [0.1, 0.15) is 16.7 Å². The molecule has 5 rings (SSSR count). The molecular weight excluding hydrogens is 507 g/mol. The Labute approximate surface area is 213 Å². The van der Waals surface area contributed by atoms with E-state index in [1.807, 2.05) is 0 Å². The van der Waals surface area contributed by atoms with Crippen molar-refractivity contribution in [2.75, 3.05) is 5.32 Å². The molecule has 1 unspecified atom stereocenters. The second-order valence-corrected chi connectivity index (χ2v) is 8.90. The number of alkyl halides is 3. The van der Waals surface area contributed by atoms with Gasteiger partial charge in [0.15, 0.2) is 0 Å². The third kappa shape index (κ3) is 5.49. The van der Waals surface area contributed by atoms with E-state index in [1.54, 1.807) is 24.4 Å². The minimum absolute atomic E-state index is 0.118. The third-order valence-corrected chi connectivity index (χ3v) is 6.08. The van der Waals surface area contributed by atoms with Crippen molar-refractivity contribution >= 4 is 16.6 Å². The summed E-state index contributed by atoms with van der Waals surface area (Å²) in [5, 5.41) is 23.9. The summed E-state index contributed by atoms with van der Waals surface area (Å²) in [5.74, 6) is -1.67. The van der Waals surface area contributed by atoms with E-state index in [4.69, 9.17) is 0 Å². The summed E-state index contributed by atoms with van der Waals surface area (Å²) in [6.45, 7) is -0.0244. The highest BCUT2D eigenvalue weighted by molar-refractivity contribution is 5.82. The molecule has 5 aromatic rings. The summed E-state index contributed by atoms with van der Waals surface area (Å²) in [5.41, 5.74) is -0.676. The average molecular weight is 528 g/mol. The van der Waals surface area contributed by atoms with Gasteiger partial charge < -0.3 is 10.4 Å². The first-order valence-electron chi connectivity index (χ1n) is 11.5. The first-order chi connectivity index (χ1) is 18.1. The largest absolute Gasteiger partial charge is 0.416 e. The van der Waals surface area contributed by atoms with Crippen LogP contribution in [0.25, 0.3) is 10.9 Å². The molecular formula is C26H21F5N6O. The van der Waals surface area contributed by atoms with Crippen molar-refractivity contribution in [2.45, 2.75) is 31.4 Å². The maximum atomic E-state index is 14.7. The van der Waals surface area contributed by atoms with Crippen LogP contribution in [0.5, 0.6) is 0 Å². The summed E-state index contributed by atoms with van der Waals surface area (Å²) >= 11 is 0. The predicted molar refractivity (Wildman–Crippen MR) is 129 cm³/mol. The van der Waals surface area contributed by atoms with Crippen molar-refractivity contribution < 1.29 is 27.1 Å². The highest BCUT2D eigenvalue weighted by atomic mass is 19.4. The Morgan fingerprint density at radius 3 is 2.34 bits per heavy atom. The van der Waals surface area contributed by atoms with Gasteiger partial charge >= 0.3 is 6.18 Å². The minimum atomic E-state index is -4.39. The maximum absolute atomic E-state index is 14.7. The second kappa shape index (κ2) is 9.86. The average Bonchev–Trinajstić information content (AvgIpc) is 3.51. The van der Waals surface area contributed by atoms with Crippen LogP contribution >= 0.6 is 0 Å². The van der Waals surface area contributed by atoms with Crippen molar-refractivity contribution in [3.63, 3.8) is 0 Å². The quantitative estimate of drug-likeness (QED) is 0.273. The number of nitrogens with zero attached hydrogens (tertiary/aromatic N) is 5. The number of aromatic nitrogens is 5. The van der Waals surface area contributed by atoms with Crippen LogP contribution < -0.4 is 5.32 Å². The Morgan fingerprint density at radius 2 is 1.66 bits per heavy atom. The SMILES string of the molecule is OC(Cn1cncn1)(Cn1cc2cc(NCc3ccc(C(F)(F)F)cc3)ccc2n1)c1ccc(F)cc1F. The van der Waals surface area contributed by atoms with Crippen LogP contribution in [0.15, 0.2) is 79.5 Å². The number of nitrogens with one attached hydrogen (secondary N) is 1. The smallest absolute Gasteiger partial charge is 0.381 e. The zero-order valence-corrected chi connectivity index (χ0v) is 19.7. The Morgan fingerprint density at radius 1 is 0.895 bits per heavy atom. The lowest BCUT2D eigenvalue weighted by Gasteiger charge is -2.28. The van der Waals surface area contributed by atoms with E-state index in [2.05, 4.69) is 20.5 Å². The highest BCUT2D eigenvalue weighted by Gasteiger charge is 2.35. The zero-order valence-electron chi connectivity index (χ0n) is 19.7. The number of fused-ring (bicyclic) bond motifs is 1. The molecule has 0 aliphatic heterocycles. The molecule has 0 spiro atoms. The van der Waals surface area contributed by atoms with Gasteiger partial charge in [-0.1, -0.05) is 18.2 Å². The topological polar surface area (TPSA) is 80.8 Å². The fourth-order valence-electron chi connectivity index (χ4n) is 4.22. The van der Waals surface area contributed by atoms with Crippen LogP contribution in [0.3, 0.4) is 0 Å². The van der Waals surface area contributed by atoms with Crippen molar-refractivity contribution in [1.82, 2.24) is 24.5 Å². The third-order valence-electron chi connectivity index (χ3n) is 6.08. The molecule has 38 heavy (non-hydrogen) atoms. The minimum Gasteiger partial charge on any atom is -0.381 e. The first kappa shape index (κ1) is 25.3. The van der Waals surface area contributed by atoms with E-state index in [0.717, 1.165) is 18.2 Å². The number of hydrogen-bond acceptors (Lipinski definition) is 5. The maximum Gasteiger partial charge on any atom is 0.416 e. The number of hydrogen-bond donors (Lipinski definition) is 2. The van der Waals surface area contributed by atoms with Gasteiger partial charge in [0.25, 0.3) is 0 Å². The van der Waals surface area contributed by atoms with Crippen molar-refractivity contribution in [3.8, 4) is 0 Å². The molecule has 1 atom stereocenters. The van der Waals surface area contributed by atoms with Crippen LogP contribution in [0.2, 0.25) is 0 Å². The summed E-state index contributed by atoms with van der Waals surface area (Å²) in [7, 11) is 0. The van der Waals surface area contributed by atoms with Gasteiger partial charge in [-0.15, -0.1) is 0 Å². The van der Waals surface area contributed by atoms with Crippen LogP contribution in [0, 0.1) is 11.6 Å². The number of anilines is 1. The monoisotopic (exact) mass is 528 g/mol. The van der Waals surface area contributed by atoms with E-state index < -0.39 is 29.0 Å². The van der Waals surface area contributed by atoms with Gasteiger partial charge in [0, 0.05) is 35.4 Å². The fraction of sp³-hybridized carbons (Fsp3) is 0.192. The summed E-state index contributed by atoms with van der Waals surface area (Å²) < 4.78 is 69.4. The molecule has 7 nitrogen and oxygen atoms in total. The lowest BCUT2D eigenvalue weighted by atomic mass is 9.93. The summed E-state index contributed by atoms with van der Waals surface area (Å²) in [6.07, 6.45) is -0.0586. The normalized spacial score (nSPS) is 13.5. The van der Waals surface area contributed by atoms with Crippen LogP contribution in [-0.2, 0) is 31.4 Å². The molecule has 0 saturated carbocycles. The van der Waals surface area contributed by atoms with Crippen LogP contribution in [0.4, 0.5) is 27.6 Å². The molecule has 0 fully saturated rings. The molecule has 3 aromatic carbocycles. The van der Waals surface area contributed by atoms with Crippen molar-refractivity contribution in [1.29, 1.82) is 0 Å². The molecule has 0 amide bonds. The second-order valence-electron chi connectivity index (χ2n) is 8.90. The number of aliphatic hydroxyl groups is 1. The van der Waals surface area contributed by atoms with Gasteiger partial charge in [-0.3, -0.25) is 4.68 Å². The molecule has 0 radical (unpaired) electrons. The van der Waals surface area contributed by atoms with Gasteiger partial charge in [-0.05, 0) is 42.0 Å². The lowest BCUT2D eigenvalue weighted by molar-refractivity contribution is -0.137. The van der Waals surface area contributed by atoms with Gasteiger partial charge in [0.1, 0.15) is 29.9 Å². The summed E-state index contributed by atoms with van der Waals surface area (Å²) in [6, 6.07) is 13.2. The Balaban J connectivity index is 1.36. The molecule has 0 aliphatic rings. The van der Waals surface area contributed by atoms with Gasteiger partial charge in [0.05, 0.1) is 24.2 Å². The molecule has 12 heteroatoms. The Hall–Kier alpha value is -4.32. The predicted octanol–water partition coefficient (Wildman–Crippen LogP) is 5.12. The molecule has 196 valence electrons. The Kier molecular flexibility index (Phi) is 6.57. The molecule has 2 heterocycles. The standard InChI is InChI=1S/C26H21F5N6O/c27-20-5-7-22(23(28)10-20)25(38,14-37-16-32-15-34-37)13-36-12-18-9-21(6-8-24(18)35-36)33-11-17-1-3-19(4-2-17)26(29,30)31/h1-10,12,15-16,33,38H,11,13-14H2. The van der Waals surface area contributed by atoms with Crippen LogP contribution in [-0.4, -0.2) is 29.7 Å². The van der Waals surface area contributed by atoms with E-state index in [0.29, 0.717) is 34.8 Å². The highest BCUT2D eigenvalue weighted by Crippen LogP contribution is 2.30. The molecule has 0 aliphatic carbocycles. The molecule has 2 N–H and O–H groups in total. The lowest BCUT2D eigenvalue weighted by Crippen LogP contribution is -2.37. The van der Waals surface area contributed by atoms with Crippen molar-refractivity contribution in [2.24, 2.45) is 0 Å².